The van der Waals surface area contributed by atoms with Crippen molar-refractivity contribution in [1.29, 1.82) is 5.26 Å². The second kappa shape index (κ2) is 5.61. The fourth-order valence-corrected chi connectivity index (χ4v) is 3.96. The Morgan fingerprint density at radius 1 is 1.19 bits per heavy atom. The molecule has 21 heavy (non-hydrogen) atoms. The van der Waals surface area contributed by atoms with Crippen LogP contribution in [0.2, 0.25) is 0 Å². The Hall–Kier alpha value is -1.07. The van der Waals surface area contributed by atoms with E-state index in [0.29, 0.717) is 19.1 Å². The minimum atomic E-state index is -1.00. The predicted molar refractivity (Wildman–Crippen MR) is 76.7 cm³/mol. The lowest BCUT2D eigenvalue weighted by Crippen LogP contribution is -2.66. The van der Waals surface area contributed by atoms with Crippen LogP contribution in [0.3, 0.4) is 0 Å². The van der Waals surface area contributed by atoms with Gasteiger partial charge in [0.05, 0.1) is 24.7 Å². The second-order valence-electron chi connectivity index (χ2n) is 6.64. The van der Waals surface area contributed by atoms with Crippen molar-refractivity contribution in [2.24, 2.45) is 17.3 Å². The van der Waals surface area contributed by atoms with Gasteiger partial charge >= 0.3 is 0 Å². The Morgan fingerprint density at radius 2 is 1.86 bits per heavy atom. The molecule has 1 aliphatic carbocycles. The molecule has 4 rings (SSSR count). The highest BCUT2D eigenvalue weighted by molar-refractivity contribution is 5.07. The second-order valence-corrected chi connectivity index (χ2v) is 6.64. The van der Waals surface area contributed by atoms with Crippen LogP contribution in [0.25, 0.3) is 0 Å². The average Bonchev–Trinajstić information content (AvgIpc) is 2.56. The summed E-state index contributed by atoms with van der Waals surface area (Å²) in [6, 6.07) is 2.33. The largest absolute Gasteiger partial charge is 0.326 e. The summed E-state index contributed by atoms with van der Waals surface area (Å²) in [5.41, 5.74) is -0.290. The van der Waals surface area contributed by atoms with E-state index < -0.39 is 12.1 Å². The minimum Gasteiger partial charge on any atom is -0.326 e. The molecular weight excluding hydrogens is 266 g/mol. The van der Waals surface area contributed by atoms with E-state index in [1.165, 1.54) is 0 Å². The van der Waals surface area contributed by atoms with Gasteiger partial charge < -0.3 is 14.2 Å². The van der Waals surface area contributed by atoms with Gasteiger partial charge in [-0.1, -0.05) is 13.3 Å². The number of hydrogen-bond donors (Lipinski definition) is 0. The van der Waals surface area contributed by atoms with Crippen LogP contribution >= 0.6 is 0 Å². The molecule has 3 heterocycles. The maximum Gasteiger partial charge on any atom is 0.287 e. The zero-order chi connectivity index (χ0) is 14.9. The van der Waals surface area contributed by atoms with Gasteiger partial charge in [0.15, 0.2) is 6.10 Å². The van der Waals surface area contributed by atoms with E-state index in [9.17, 15) is 5.26 Å². The Labute approximate surface area is 126 Å². The zero-order valence-corrected chi connectivity index (χ0v) is 12.6. The molecule has 0 spiro atoms. The Bertz CT molecular complexity index is 459. The monoisotopic (exact) mass is 289 g/mol. The molecule has 0 N–H and O–H groups in total. The van der Waals surface area contributed by atoms with Crippen molar-refractivity contribution >= 4 is 0 Å². The van der Waals surface area contributed by atoms with E-state index in [1.807, 2.05) is 0 Å². The number of nitrogens with zero attached hydrogens (tertiary/aromatic N) is 1. The van der Waals surface area contributed by atoms with Gasteiger partial charge in [-0.3, -0.25) is 0 Å². The third-order valence-electron chi connectivity index (χ3n) is 5.29. The summed E-state index contributed by atoms with van der Waals surface area (Å²) in [4.78, 5) is 0. The van der Waals surface area contributed by atoms with Crippen LogP contribution in [0.15, 0.2) is 0 Å². The molecule has 3 aliphatic heterocycles. The molecule has 114 valence electrons. The van der Waals surface area contributed by atoms with E-state index in [2.05, 4.69) is 18.9 Å². The van der Waals surface area contributed by atoms with Gasteiger partial charge in [-0.2, -0.15) is 5.26 Å². The molecule has 3 saturated heterocycles. The van der Waals surface area contributed by atoms with E-state index in [4.69, 9.17) is 20.6 Å². The lowest BCUT2D eigenvalue weighted by Gasteiger charge is -2.57. The summed E-state index contributed by atoms with van der Waals surface area (Å²) < 4.78 is 18.1. The molecule has 0 aromatic carbocycles. The average molecular weight is 289 g/mol. The summed E-state index contributed by atoms with van der Waals surface area (Å²) in [7, 11) is 0. The number of fused-ring (bicyclic) bond motifs is 3. The molecule has 0 aromatic rings. The molecule has 2 bridgehead atoms. The zero-order valence-electron chi connectivity index (χ0n) is 12.6. The van der Waals surface area contributed by atoms with Crippen molar-refractivity contribution in [3.8, 4) is 18.4 Å². The first-order valence-electron chi connectivity index (χ1n) is 7.99. The van der Waals surface area contributed by atoms with Crippen LogP contribution in [0.5, 0.6) is 0 Å². The number of hydrogen-bond acceptors (Lipinski definition) is 4. The van der Waals surface area contributed by atoms with Crippen molar-refractivity contribution in [2.75, 3.05) is 13.2 Å². The highest BCUT2D eigenvalue weighted by Gasteiger charge is 2.61. The molecule has 4 heteroatoms. The van der Waals surface area contributed by atoms with Gasteiger partial charge in [0.25, 0.3) is 5.97 Å². The lowest BCUT2D eigenvalue weighted by molar-refractivity contribution is -0.500. The highest BCUT2D eigenvalue weighted by Crippen LogP contribution is 2.51. The smallest absolute Gasteiger partial charge is 0.287 e. The molecule has 0 radical (unpaired) electrons. The molecule has 1 atom stereocenters. The standard InChI is InChI=1S/C17H23NO3/c1-3-9-16-11-19-17(20-12-16,21-15(16)10-18)14-7-5-13(4-2)6-8-14/h2,13-15H,3,5-9,11-12H2,1H3/t13?,14?,15-,16?,17?/m1/s1. The molecule has 0 unspecified atom stereocenters. The van der Waals surface area contributed by atoms with Crippen molar-refractivity contribution in [3.63, 3.8) is 0 Å². The lowest BCUT2D eigenvalue weighted by atomic mass is 9.75. The molecule has 1 saturated carbocycles. The molecule has 4 aliphatic rings. The first kappa shape index (κ1) is 14.9. The molecular formula is C17H23NO3. The third-order valence-corrected chi connectivity index (χ3v) is 5.29. The minimum absolute atomic E-state index is 0.179. The normalized spacial score (nSPS) is 45.8. The fraction of sp³-hybridized carbons (Fsp3) is 0.824. The van der Waals surface area contributed by atoms with Gasteiger partial charge in [-0.05, 0) is 32.1 Å². The van der Waals surface area contributed by atoms with Crippen molar-refractivity contribution in [3.05, 3.63) is 0 Å². The Kier molecular flexibility index (Phi) is 3.97. The number of nitriles is 1. The first-order valence-corrected chi connectivity index (χ1v) is 7.99. The maximum absolute atomic E-state index is 9.49. The quantitative estimate of drug-likeness (QED) is 0.750. The summed E-state index contributed by atoms with van der Waals surface area (Å²) in [6.07, 6.45) is 10.8. The molecule has 0 amide bonds. The van der Waals surface area contributed by atoms with Gasteiger partial charge in [0, 0.05) is 11.8 Å². The van der Waals surface area contributed by atoms with Gasteiger partial charge in [0.2, 0.25) is 0 Å². The van der Waals surface area contributed by atoms with Gasteiger partial charge in [-0.25, -0.2) is 0 Å². The topological polar surface area (TPSA) is 51.5 Å². The number of rotatable bonds is 3. The van der Waals surface area contributed by atoms with Crippen LogP contribution in [0.1, 0.15) is 45.4 Å². The molecule has 4 fully saturated rings. The van der Waals surface area contributed by atoms with E-state index in [0.717, 1.165) is 38.5 Å². The summed E-state index contributed by atoms with van der Waals surface area (Å²) in [6.45, 7) is 3.24. The first-order chi connectivity index (χ1) is 10.2. The van der Waals surface area contributed by atoms with E-state index in [1.54, 1.807) is 0 Å². The number of ether oxygens (including phenoxy) is 3. The van der Waals surface area contributed by atoms with Crippen molar-refractivity contribution in [2.45, 2.75) is 57.5 Å². The van der Waals surface area contributed by atoms with Crippen LogP contribution < -0.4 is 0 Å². The van der Waals surface area contributed by atoms with Crippen LogP contribution in [0, 0.1) is 40.9 Å². The number of terminal acetylenes is 1. The SMILES string of the molecule is C#CC1CCC(C23OCC(CCC)(CO2)[C@@H](C#N)O3)CC1. The highest BCUT2D eigenvalue weighted by atomic mass is 16.9. The molecule has 0 aromatic heterocycles. The van der Waals surface area contributed by atoms with Gasteiger partial charge in [0.1, 0.15) is 0 Å². The van der Waals surface area contributed by atoms with Crippen LogP contribution in [0.4, 0.5) is 0 Å². The Morgan fingerprint density at radius 3 is 2.38 bits per heavy atom. The summed E-state index contributed by atoms with van der Waals surface area (Å²) >= 11 is 0. The predicted octanol–water partition coefficient (Wildman–Crippen LogP) is 2.84. The Balaban J connectivity index is 1.74. The van der Waals surface area contributed by atoms with E-state index >= 15 is 0 Å². The fourth-order valence-electron chi connectivity index (χ4n) is 3.96. The van der Waals surface area contributed by atoms with E-state index in [-0.39, 0.29) is 11.3 Å². The summed E-state index contributed by atoms with van der Waals surface area (Å²) in [5.74, 6) is 2.37. The van der Waals surface area contributed by atoms with Crippen LogP contribution in [-0.4, -0.2) is 25.3 Å². The van der Waals surface area contributed by atoms with Crippen molar-refractivity contribution in [1.82, 2.24) is 0 Å². The third kappa shape index (κ3) is 2.36. The van der Waals surface area contributed by atoms with Gasteiger partial charge in [-0.15, -0.1) is 12.3 Å². The summed E-state index contributed by atoms with van der Waals surface area (Å²) in [5, 5.41) is 9.49. The van der Waals surface area contributed by atoms with Crippen molar-refractivity contribution < 1.29 is 14.2 Å². The van der Waals surface area contributed by atoms with Crippen LogP contribution in [-0.2, 0) is 14.2 Å². The molecule has 4 nitrogen and oxygen atoms in total. The maximum atomic E-state index is 9.49.